The third-order valence-electron chi connectivity index (χ3n) is 4.04. The molecule has 0 saturated heterocycles. The van der Waals surface area contributed by atoms with Gasteiger partial charge in [0, 0.05) is 5.39 Å². The summed E-state index contributed by atoms with van der Waals surface area (Å²) in [4.78, 5) is 16.9. The molecule has 2 aromatic heterocycles. The summed E-state index contributed by atoms with van der Waals surface area (Å²) in [6, 6.07) is 19.0. The first-order valence-corrected chi connectivity index (χ1v) is 8.49. The van der Waals surface area contributed by atoms with Gasteiger partial charge in [0.2, 0.25) is 0 Å². The fourth-order valence-electron chi connectivity index (χ4n) is 2.73. The lowest BCUT2D eigenvalue weighted by Gasteiger charge is -2.04. The van der Waals surface area contributed by atoms with E-state index in [1.165, 1.54) is 11.3 Å². The van der Waals surface area contributed by atoms with Crippen molar-refractivity contribution in [2.45, 2.75) is 6.92 Å². The maximum Gasteiger partial charge on any atom is 0.343 e. The number of nitrogens with zero attached hydrogens (tertiary/aromatic N) is 2. The standard InChI is InChI=1S/C20H12N2O2S/c1-12(14-10-13-6-2-4-8-17(13)24-20(14)23)15(11-21)19-22-16-7-3-5-9-18(16)25-19/h2-10H,1H3/b15-12+. The highest BCUT2D eigenvalue weighted by molar-refractivity contribution is 7.19. The first-order valence-electron chi connectivity index (χ1n) is 7.67. The first-order chi connectivity index (χ1) is 12.2. The summed E-state index contributed by atoms with van der Waals surface area (Å²) in [5, 5.41) is 11.1. The van der Waals surface area contributed by atoms with Crippen molar-refractivity contribution < 1.29 is 4.42 Å². The molecule has 5 heteroatoms. The van der Waals surface area contributed by atoms with Crippen molar-refractivity contribution in [3.05, 3.63) is 75.6 Å². The van der Waals surface area contributed by atoms with E-state index in [0.717, 1.165) is 15.6 Å². The molecule has 0 aliphatic carbocycles. The summed E-state index contributed by atoms with van der Waals surface area (Å²) in [5.74, 6) is 0. The van der Waals surface area contributed by atoms with Crippen molar-refractivity contribution in [3.63, 3.8) is 0 Å². The monoisotopic (exact) mass is 344 g/mol. The van der Waals surface area contributed by atoms with Crippen molar-refractivity contribution in [2.24, 2.45) is 0 Å². The van der Waals surface area contributed by atoms with Gasteiger partial charge in [-0.2, -0.15) is 5.26 Å². The number of hydrogen-bond donors (Lipinski definition) is 0. The molecule has 0 aliphatic heterocycles. The molecule has 0 N–H and O–H groups in total. The molecule has 4 nitrogen and oxygen atoms in total. The van der Waals surface area contributed by atoms with Gasteiger partial charge < -0.3 is 4.42 Å². The van der Waals surface area contributed by atoms with Crippen LogP contribution in [0.3, 0.4) is 0 Å². The highest BCUT2D eigenvalue weighted by atomic mass is 32.1. The molecule has 0 radical (unpaired) electrons. The summed E-state index contributed by atoms with van der Waals surface area (Å²) in [6.07, 6.45) is 0. The molecule has 0 unspecified atom stereocenters. The number of fused-ring (bicyclic) bond motifs is 2. The van der Waals surface area contributed by atoms with Gasteiger partial charge in [0.25, 0.3) is 0 Å². The quantitative estimate of drug-likeness (QED) is 0.385. The van der Waals surface area contributed by atoms with Gasteiger partial charge in [-0.3, -0.25) is 0 Å². The van der Waals surface area contributed by atoms with Gasteiger partial charge in [0.1, 0.15) is 16.7 Å². The van der Waals surface area contributed by atoms with Crippen LogP contribution in [0.4, 0.5) is 0 Å². The molecule has 0 fully saturated rings. The lowest BCUT2D eigenvalue weighted by atomic mass is 10.0. The lowest BCUT2D eigenvalue weighted by Crippen LogP contribution is -2.06. The molecular weight excluding hydrogens is 332 g/mol. The predicted molar refractivity (Wildman–Crippen MR) is 100 cm³/mol. The Kier molecular flexibility index (Phi) is 3.68. The number of rotatable bonds is 2. The number of hydrogen-bond acceptors (Lipinski definition) is 5. The topological polar surface area (TPSA) is 66.9 Å². The average molecular weight is 344 g/mol. The van der Waals surface area contributed by atoms with Crippen LogP contribution in [0.25, 0.3) is 32.3 Å². The normalized spacial score (nSPS) is 12.2. The van der Waals surface area contributed by atoms with E-state index in [9.17, 15) is 10.1 Å². The lowest BCUT2D eigenvalue weighted by molar-refractivity contribution is 0.558. The number of benzene rings is 2. The van der Waals surface area contributed by atoms with E-state index in [1.807, 2.05) is 42.5 Å². The number of para-hydroxylation sites is 2. The SMILES string of the molecule is C/C(=C(/C#N)c1nc2ccccc2s1)c1cc2ccccc2oc1=O. The van der Waals surface area contributed by atoms with E-state index in [4.69, 9.17) is 4.42 Å². The smallest absolute Gasteiger partial charge is 0.343 e. The van der Waals surface area contributed by atoms with Crippen LogP contribution in [0.15, 0.2) is 63.8 Å². The second-order valence-electron chi connectivity index (χ2n) is 5.58. The van der Waals surface area contributed by atoms with Crippen LogP contribution in [0, 0.1) is 11.3 Å². The zero-order valence-electron chi connectivity index (χ0n) is 13.3. The van der Waals surface area contributed by atoms with Crippen molar-refractivity contribution in [3.8, 4) is 6.07 Å². The Morgan fingerprint density at radius 3 is 2.72 bits per heavy atom. The molecule has 4 aromatic rings. The molecule has 0 atom stereocenters. The van der Waals surface area contributed by atoms with Crippen LogP contribution in [-0.2, 0) is 0 Å². The summed E-state index contributed by atoms with van der Waals surface area (Å²) >= 11 is 1.44. The van der Waals surface area contributed by atoms with Crippen molar-refractivity contribution in [1.82, 2.24) is 4.98 Å². The van der Waals surface area contributed by atoms with Crippen molar-refractivity contribution in [2.75, 3.05) is 0 Å². The Labute approximate surface area is 147 Å². The van der Waals surface area contributed by atoms with Gasteiger partial charge in [0.05, 0.1) is 21.4 Å². The van der Waals surface area contributed by atoms with Crippen LogP contribution < -0.4 is 5.63 Å². The van der Waals surface area contributed by atoms with Gasteiger partial charge in [-0.1, -0.05) is 30.3 Å². The number of allylic oxidation sites excluding steroid dienone is 2. The molecule has 120 valence electrons. The summed E-state index contributed by atoms with van der Waals surface area (Å²) < 4.78 is 6.39. The van der Waals surface area contributed by atoms with Gasteiger partial charge in [-0.15, -0.1) is 11.3 Å². The summed E-state index contributed by atoms with van der Waals surface area (Å²) in [5.41, 5.74) is 2.26. The molecule has 0 amide bonds. The largest absolute Gasteiger partial charge is 0.422 e. The molecular formula is C20H12N2O2S. The Hall–Kier alpha value is -3.23. The third kappa shape index (κ3) is 2.63. The van der Waals surface area contributed by atoms with Gasteiger partial charge in [0.15, 0.2) is 0 Å². The first kappa shape index (κ1) is 15.3. The van der Waals surface area contributed by atoms with Crippen LogP contribution in [0.5, 0.6) is 0 Å². The average Bonchev–Trinajstić information content (AvgIpc) is 3.05. The maximum absolute atomic E-state index is 12.4. The number of aromatic nitrogens is 1. The Bertz CT molecular complexity index is 1210. The molecule has 0 spiro atoms. The van der Waals surface area contributed by atoms with Gasteiger partial charge in [-0.05, 0) is 36.8 Å². The molecule has 0 saturated carbocycles. The predicted octanol–water partition coefficient (Wildman–Crippen LogP) is 4.86. The van der Waals surface area contributed by atoms with E-state index in [2.05, 4.69) is 11.1 Å². The second kappa shape index (κ2) is 6.00. The molecule has 25 heavy (non-hydrogen) atoms. The Balaban J connectivity index is 1.94. The van der Waals surface area contributed by atoms with E-state index in [1.54, 1.807) is 19.1 Å². The Morgan fingerprint density at radius 2 is 1.92 bits per heavy atom. The summed E-state index contributed by atoms with van der Waals surface area (Å²) in [6.45, 7) is 1.76. The fourth-order valence-corrected chi connectivity index (χ4v) is 3.75. The van der Waals surface area contributed by atoms with Crippen LogP contribution in [0.2, 0.25) is 0 Å². The van der Waals surface area contributed by atoms with E-state index in [0.29, 0.717) is 27.3 Å². The van der Waals surface area contributed by atoms with Crippen molar-refractivity contribution in [1.29, 1.82) is 5.26 Å². The summed E-state index contributed by atoms with van der Waals surface area (Å²) in [7, 11) is 0. The Morgan fingerprint density at radius 1 is 1.16 bits per heavy atom. The molecule has 4 rings (SSSR count). The van der Waals surface area contributed by atoms with Crippen LogP contribution in [0.1, 0.15) is 17.5 Å². The van der Waals surface area contributed by atoms with E-state index in [-0.39, 0.29) is 0 Å². The van der Waals surface area contributed by atoms with Crippen molar-refractivity contribution >= 4 is 43.7 Å². The zero-order chi connectivity index (χ0) is 17.4. The fraction of sp³-hybridized carbons (Fsp3) is 0.0500. The van der Waals surface area contributed by atoms with Gasteiger partial charge in [-0.25, -0.2) is 9.78 Å². The number of nitriles is 1. The minimum Gasteiger partial charge on any atom is -0.422 e. The molecule has 0 aliphatic rings. The molecule has 2 heterocycles. The third-order valence-corrected chi connectivity index (χ3v) is 5.09. The molecule has 0 bridgehead atoms. The minimum atomic E-state index is -0.454. The van der Waals surface area contributed by atoms with Crippen LogP contribution in [-0.4, -0.2) is 4.98 Å². The highest BCUT2D eigenvalue weighted by Gasteiger charge is 2.16. The van der Waals surface area contributed by atoms with Gasteiger partial charge >= 0.3 is 5.63 Å². The maximum atomic E-state index is 12.4. The highest BCUT2D eigenvalue weighted by Crippen LogP contribution is 2.31. The van der Waals surface area contributed by atoms with E-state index < -0.39 is 5.63 Å². The zero-order valence-corrected chi connectivity index (χ0v) is 14.1. The van der Waals surface area contributed by atoms with E-state index >= 15 is 0 Å². The second-order valence-corrected chi connectivity index (χ2v) is 6.61. The minimum absolute atomic E-state index is 0.384. The molecule has 2 aromatic carbocycles. The number of thiazole rings is 1. The van der Waals surface area contributed by atoms with Crippen LogP contribution >= 0.6 is 11.3 Å².